The van der Waals surface area contributed by atoms with Gasteiger partial charge < -0.3 is 4.90 Å². The number of carbonyl (C=O) groups is 1. The SMILES string of the molecule is N#Cc1ccccc1C(=O)N1CCN2CCC[C@@H]2C1. The van der Waals surface area contributed by atoms with E-state index in [0.717, 1.165) is 19.6 Å². The average Bonchev–Trinajstić information content (AvgIpc) is 2.93. The molecule has 2 saturated heterocycles. The molecule has 2 aliphatic heterocycles. The third-order valence-electron chi connectivity index (χ3n) is 4.15. The first-order valence-electron chi connectivity index (χ1n) is 6.82. The smallest absolute Gasteiger partial charge is 0.255 e. The van der Waals surface area contributed by atoms with Crippen LogP contribution in [-0.4, -0.2) is 47.9 Å². The summed E-state index contributed by atoms with van der Waals surface area (Å²) in [6.07, 6.45) is 2.42. The summed E-state index contributed by atoms with van der Waals surface area (Å²) in [6.45, 7) is 3.71. The second-order valence-electron chi connectivity index (χ2n) is 5.24. The number of benzene rings is 1. The Hall–Kier alpha value is -1.86. The van der Waals surface area contributed by atoms with Crippen LogP contribution in [0.15, 0.2) is 24.3 Å². The average molecular weight is 255 g/mol. The molecule has 1 aromatic carbocycles. The van der Waals surface area contributed by atoms with E-state index in [1.54, 1.807) is 18.2 Å². The zero-order valence-corrected chi connectivity index (χ0v) is 10.9. The summed E-state index contributed by atoms with van der Waals surface area (Å²) in [5.74, 6) is 0.00343. The number of nitriles is 1. The topological polar surface area (TPSA) is 47.3 Å². The fourth-order valence-corrected chi connectivity index (χ4v) is 3.11. The maximum absolute atomic E-state index is 12.5. The van der Waals surface area contributed by atoms with E-state index in [4.69, 9.17) is 5.26 Å². The molecule has 2 fully saturated rings. The molecule has 19 heavy (non-hydrogen) atoms. The Morgan fingerprint density at radius 1 is 1.26 bits per heavy atom. The minimum absolute atomic E-state index is 0.00343. The molecule has 0 aromatic heterocycles. The van der Waals surface area contributed by atoms with Crippen LogP contribution in [0.25, 0.3) is 0 Å². The van der Waals surface area contributed by atoms with Gasteiger partial charge in [0, 0.05) is 25.7 Å². The van der Waals surface area contributed by atoms with Gasteiger partial charge in [-0.3, -0.25) is 9.69 Å². The van der Waals surface area contributed by atoms with Crippen LogP contribution in [0.3, 0.4) is 0 Å². The second-order valence-corrected chi connectivity index (χ2v) is 5.24. The molecule has 0 unspecified atom stereocenters. The van der Waals surface area contributed by atoms with E-state index in [1.807, 2.05) is 11.0 Å². The molecule has 0 spiro atoms. The number of carbonyl (C=O) groups excluding carboxylic acids is 1. The van der Waals surface area contributed by atoms with E-state index in [2.05, 4.69) is 11.0 Å². The van der Waals surface area contributed by atoms with Gasteiger partial charge in [0.2, 0.25) is 0 Å². The van der Waals surface area contributed by atoms with E-state index >= 15 is 0 Å². The number of hydrogen-bond acceptors (Lipinski definition) is 3. The highest BCUT2D eigenvalue weighted by atomic mass is 16.2. The fraction of sp³-hybridized carbons (Fsp3) is 0.467. The molecule has 98 valence electrons. The number of piperazine rings is 1. The van der Waals surface area contributed by atoms with Crippen LogP contribution in [-0.2, 0) is 0 Å². The molecule has 1 aromatic rings. The van der Waals surface area contributed by atoms with Gasteiger partial charge in [0.15, 0.2) is 0 Å². The van der Waals surface area contributed by atoms with Gasteiger partial charge in [-0.15, -0.1) is 0 Å². The molecular weight excluding hydrogens is 238 g/mol. The van der Waals surface area contributed by atoms with Crippen molar-refractivity contribution in [1.82, 2.24) is 9.80 Å². The molecule has 4 heteroatoms. The summed E-state index contributed by atoms with van der Waals surface area (Å²) < 4.78 is 0. The Kier molecular flexibility index (Phi) is 3.22. The van der Waals surface area contributed by atoms with Crippen molar-refractivity contribution in [3.05, 3.63) is 35.4 Å². The lowest BCUT2D eigenvalue weighted by atomic mass is 10.1. The van der Waals surface area contributed by atoms with Crippen molar-refractivity contribution in [2.24, 2.45) is 0 Å². The fourth-order valence-electron chi connectivity index (χ4n) is 3.11. The molecular formula is C15H17N3O. The number of hydrogen-bond donors (Lipinski definition) is 0. The maximum atomic E-state index is 12.5. The maximum Gasteiger partial charge on any atom is 0.255 e. The molecule has 0 N–H and O–H groups in total. The first-order chi connectivity index (χ1) is 9.29. The summed E-state index contributed by atoms with van der Waals surface area (Å²) >= 11 is 0. The lowest BCUT2D eigenvalue weighted by molar-refractivity contribution is 0.0571. The van der Waals surface area contributed by atoms with Gasteiger partial charge in [-0.1, -0.05) is 12.1 Å². The van der Waals surface area contributed by atoms with Gasteiger partial charge in [-0.05, 0) is 31.5 Å². The zero-order valence-electron chi connectivity index (χ0n) is 10.9. The number of rotatable bonds is 1. The largest absolute Gasteiger partial charge is 0.336 e. The van der Waals surface area contributed by atoms with E-state index in [9.17, 15) is 4.79 Å². The Bertz CT molecular complexity index is 534. The summed E-state index contributed by atoms with van der Waals surface area (Å²) in [4.78, 5) is 16.9. The van der Waals surface area contributed by atoms with Crippen molar-refractivity contribution in [2.45, 2.75) is 18.9 Å². The van der Waals surface area contributed by atoms with Crippen molar-refractivity contribution >= 4 is 5.91 Å². The Morgan fingerprint density at radius 2 is 2.11 bits per heavy atom. The van der Waals surface area contributed by atoms with Crippen LogP contribution in [0.4, 0.5) is 0 Å². The Morgan fingerprint density at radius 3 is 2.95 bits per heavy atom. The molecule has 1 atom stereocenters. The van der Waals surface area contributed by atoms with Crippen LogP contribution in [0.2, 0.25) is 0 Å². The number of fused-ring (bicyclic) bond motifs is 1. The first-order valence-corrected chi connectivity index (χ1v) is 6.82. The van der Waals surface area contributed by atoms with Gasteiger partial charge >= 0.3 is 0 Å². The van der Waals surface area contributed by atoms with Crippen molar-refractivity contribution in [3.8, 4) is 6.07 Å². The summed E-state index contributed by atoms with van der Waals surface area (Å²) in [5, 5.41) is 9.09. The lowest BCUT2D eigenvalue weighted by Gasteiger charge is -2.37. The highest BCUT2D eigenvalue weighted by molar-refractivity contribution is 5.96. The third kappa shape index (κ3) is 2.22. The van der Waals surface area contributed by atoms with Gasteiger partial charge in [0.1, 0.15) is 0 Å². The number of nitrogens with zero attached hydrogens (tertiary/aromatic N) is 3. The van der Waals surface area contributed by atoms with Crippen LogP contribution >= 0.6 is 0 Å². The third-order valence-corrected chi connectivity index (χ3v) is 4.15. The summed E-state index contributed by atoms with van der Waals surface area (Å²) in [7, 11) is 0. The van der Waals surface area contributed by atoms with E-state index in [1.165, 1.54) is 19.4 Å². The minimum atomic E-state index is 0.00343. The molecule has 4 nitrogen and oxygen atoms in total. The van der Waals surface area contributed by atoms with Crippen LogP contribution < -0.4 is 0 Å². The van der Waals surface area contributed by atoms with Crippen LogP contribution in [0, 0.1) is 11.3 Å². The van der Waals surface area contributed by atoms with Crippen LogP contribution in [0.5, 0.6) is 0 Å². The van der Waals surface area contributed by atoms with Gasteiger partial charge in [0.25, 0.3) is 5.91 Å². The predicted octanol–water partition coefficient (Wildman–Crippen LogP) is 1.48. The van der Waals surface area contributed by atoms with Gasteiger partial charge in [0.05, 0.1) is 17.2 Å². The standard InChI is InChI=1S/C15H17N3O/c16-10-12-4-1-2-6-14(12)15(19)18-9-8-17-7-3-5-13(17)11-18/h1-2,4,6,13H,3,5,7-9,11H2/t13-/m1/s1. The monoisotopic (exact) mass is 255 g/mol. The normalized spacial score (nSPS) is 22.9. The van der Waals surface area contributed by atoms with Crippen molar-refractivity contribution < 1.29 is 4.79 Å². The number of amides is 1. The lowest BCUT2D eigenvalue weighted by Crippen LogP contribution is -2.52. The summed E-state index contributed by atoms with van der Waals surface area (Å²) in [5.41, 5.74) is 1.01. The van der Waals surface area contributed by atoms with Gasteiger partial charge in [-0.2, -0.15) is 5.26 Å². The molecule has 2 heterocycles. The molecule has 0 saturated carbocycles. The predicted molar refractivity (Wildman–Crippen MR) is 71.7 cm³/mol. The van der Waals surface area contributed by atoms with Crippen LogP contribution in [0.1, 0.15) is 28.8 Å². The quantitative estimate of drug-likeness (QED) is 0.763. The van der Waals surface area contributed by atoms with Crippen molar-refractivity contribution in [1.29, 1.82) is 5.26 Å². The zero-order chi connectivity index (χ0) is 13.2. The van der Waals surface area contributed by atoms with Crippen molar-refractivity contribution in [3.63, 3.8) is 0 Å². The minimum Gasteiger partial charge on any atom is -0.336 e. The molecule has 3 rings (SSSR count). The van der Waals surface area contributed by atoms with E-state index < -0.39 is 0 Å². The molecule has 0 bridgehead atoms. The molecule has 0 radical (unpaired) electrons. The van der Waals surface area contributed by atoms with E-state index in [-0.39, 0.29) is 5.91 Å². The Balaban J connectivity index is 1.79. The van der Waals surface area contributed by atoms with Crippen molar-refractivity contribution in [2.75, 3.05) is 26.2 Å². The molecule has 1 amide bonds. The first kappa shape index (κ1) is 12.2. The second kappa shape index (κ2) is 5.02. The molecule has 0 aliphatic carbocycles. The van der Waals surface area contributed by atoms with E-state index in [0.29, 0.717) is 17.2 Å². The highest BCUT2D eigenvalue weighted by Crippen LogP contribution is 2.23. The summed E-state index contributed by atoms with van der Waals surface area (Å²) in [6, 6.07) is 9.70. The Labute approximate surface area is 113 Å². The van der Waals surface area contributed by atoms with Gasteiger partial charge in [-0.25, -0.2) is 0 Å². The highest BCUT2D eigenvalue weighted by Gasteiger charge is 2.33. The molecule has 2 aliphatic rings.